The van der Waals surface area contributed by atoms with E-state index in [2.05, 4.69) is 10.3 Å². The van der Waals surface area contributed by atoms with Gasteiger partial charge in [-0.15, -0.1) is 0 Å². The zero-order valence-electron chi connectivity index (χ0n) is 10.9. The summed E-state index contributed by atoms with van der Waals surface area (Å²) in [6, 6.07) is 5.10. The summed E-state index contributed by atoms with van der Waals surface area (Å²) in [4.78, 5) is 15.7. The van der Waals surface area contributed by atoms with E-state index in [-0.39, 0.29) is 0 Å². The monoisotopic (exact) mass is 259 g/mol. The Morgan fingerprint density at radius 2 is 2.37 bits per heavy atom. The van der Waals surface area contributed by atoms with Gasteiger partial charge in [-0.1, -0.05) is 0 Å². The van der Waals surface area contributed by atoms with Crippen molar-refractivity contribution in [3.8, 4) is 0 Å². The fourth-order valence-corrected chi connectivity index (χ4v) is 2.78. The number of nitrogens with one attached hydrogen (secondary N) is 1. The number of carboxylic acids is 1. The summed E-state index contributed by atoms with van der Waals surface area (Å²) in [5.41, 5.74) is 2.07. The minimum atomic E-state index is -0.899. The number of carboxylic acid groups (broad SMARTS) is 1. The fraction of sp³-hybridized carbons (Fsp3) is 0.429. The van der Waals surface area contributed by atoms with Crippen LogP contribution in [-0.2, 0) is 7.05 Å². The average Bonchev–Trinajstić information content (AvgIpc) is 2.77. The van der Waals surface area contributed by atoms with E-state index in [0.29, 0.717) is 11.5 Å². The molecule has 19 heavy (non-hydrogen) atoms. The van der Waals surface area contributed by atoms with Crippen LogP contribution in [0.25, 0.3) is 11.0 Å². The van der Waals surface area contributed by atoms with Crippen molar-refractivity contribution in [2.24, 2.45) is 7.05 Å². The van der Waals surface area contributed by atoms with Gasteiger partial charge in [-0.25, -0.2) is 9.78 Å². The maximum atomic E-state index is 11.0. The van der Waals surface area contributed by atoms with Crippen molar-refractivity contribution in [3.05, 3.63) is 29.6 Å². The first-order chi connectivity index (χ1) is 9.16. The number of aromatic nitrogens is 2. The van der Waals surface area contributed by atoms with Crippen LogP contribution in [0.2, 0.25) is 0 Å². The lowest BCUT2D eigenvalue weighted by atomic mass is 9.99. The quantitative estimate of drug-likeness (QED) is 0.862. The molecule has 1 saturated heterocycles. The van der Waals surface area contributed by atoms with Crippen LogP contribution >= 0.6 is 0 Å². The number of fused-ring (bicyclic) bond motifs is 1. The van der Waals surface area contributed by atoms with Crippen molar-refractivity contribution >= 4 is 17.0 Å². The molecule has 0 radical (unpaired) electrons. The molecule has 2 heterocycles. The van der Waals surface area contributed by atoms with Gasteiger partial charge in [0, 0.05) is 19.5 Å². The standard InChI is InChI=1S/C14H17N3O2/c1-17-12-7-9(14(18)19)4-5-11(12)16-13(17)10-3-2-6-15-8-10/h4-5,7,10,15H,2-3,6,8H2,1H3,(H,18,19). The van der Waals surface area contributed by atoms with Gasteiger partial charge < -0.3 is 15.0 Å². The van der Waals surface area contributed by atoms with Crippen LogP contribution in [0.1, 0.15) is 34.9 Å². The highest BCUT2D eigenvalue weighted by atomic mass is 16.4. The van der Waals surface area contributed by atoms with Crippen molar-refractivity contribution < 1.29 is 9.90 Å². The van der Waals surface area contributed by atoms with Crippen LogP contribution in [0.15, 0.2) is 18.2 Å². The third kappa shape index (κ3) is 2.10. The van der Waals surface area contributed by atoms with Crippen LogP contribution in [0.3, 0.4) is 0 Å². The number of benzene rings is 1. The Kier molecular flexibility index (Phi) is 2.98. The maximum Gasteiger partial charge on any atom is 0.335 e. The molecule has 1 aliphatic rings. The molecule has 1 fully saturated rings. The van der Waals surface area contributed by atoms with Crippen molar-refractivity contribution in [1.29, 1.82) is 0 Å². The highest BCUT2D eigenvalue weighted by molar-refractivity contribution is 5.92. The number of carbonyl (C=O) groups is 1. The van der Waals surface area contributed by atoms with Crippen LogP contribution in [-0.4, -0.2) is 33.7 Å². The average molecular weight is 259 g/mol. The van der Waals surface area contributed by atoms with E-state index in [1.165, 1.54) is 0 Å². The number of imidazole rings is 1. The highest BCUT2D eigenvalue weighted by Crippen LogP contribution is 2.26. The third-order valence-corrected chi connectivity index (χ3v) is 3.82. The molecule has 5 nitrogen and oxygen atoms in total. The van der Waals surface area contributed by atoms with Crippen molar-refractivity contribution in [2.75, 3.05) is 13.1 Å². The van der Waals surface area contributed by atoms with E-state index in [0.717, 1.165) is 42.8 Å². The van der Waals surface area contributed by atoms with E-state index in [1.54, 1.807) is 18.2 Å². The molecular weight excluding hydrogens is 242 g/mol. The molecule has 3 rings (SSSR count). The van der Waals surface area contributed by atoms with Gasteiger partial charge in [0.25, 0.3) is 0 Å². The van der Waals surface area contributed by atoms with E-state index in [4.69, 9.17) is 5.11 Å². The zero-order chi connectivity index (χ0) is 13.4. The van der Waals surface area contributed by atoms with Crippen LogP contribution in [0, 0.1) is 0 Å². The molecule has 0 spiro atoms. The number of aromatic carboxylic acids is 1. The minimum Gasteiger partial charge on any atom is -0.478 e. The molecule has 1 aromatic heterocycles. The fourth-order valence-electron chi connectivity index (χ4n) is 2.78. The van der Waals surface area contributed by atoms with Gasteiger partial charge >= 0.3 is 5.97 Å². The molecular formula is C14H17N3O2. The summed E-state index contributed by atoms with van der Waals surface area (Å²) in [7, 11) is 1.96. The zero-order valence-corrected chi connectivity index (χ0v) is 10.9. The summed E-state index contributed by atoms with van der Waals surface area (Å²) in [5.74, 6) is 0.563. The molecule has 0 bridgehead atoms. The summed E-state index contributed by atoms with van der Waals surface area (Å²) in [6.07, 6.45) is 2.30. The number of piperidine rings is 1. The number of hydrogen-bond acceptors (Lipinski definition) is 3. The Labute approximate surface area is 111 Å². The topological polar surface area (TPSA) is 67.2 Å². The Morgan fingerprint density at radius 3 is 3.05 bits per heavy atom. The number of hydrogen-bond donors (Lipinski definition) is 2. The highest BCUT2D eigenvalue weighted by Gasteiger charge is 2.21. The number of nitrogens with zero attached hydrogens (tertiary/aromatic N) is 2. The lowest BCUT2D eigenvalue weighted by Crippen LogP contribution is -2.29. The van der Waals surface area contributed by atoms with Gasteiger partial charge in [0.05, 0.1) is 16.6 Å². The number of aryl methyl sites for hydroxylation is 1. The first-order valence-electron chi connectivity index (χ1n) is 6.57. The van der Waals surface area contributed by atoms with E-state index >= 15 is 0 Å². The second-order valence-corrected chi connectivity index (χ2v) is 5.08. The molecule has 1 atom stereocenters. The van der Waals surface area contributed by atoms with E-state index in [9.17, 15) is 4.79 Å². The minimum absolute atomic E-state index is 0.309. The molecule has 2 aromatic rings. The molecule has 5 heteroatoms. The van der Waals surface area contributed by atoms with Crippen molar-refractivity contribution in [1.82, 2.24) is 14.9 Å². The molecule has 1 aromatic carbocycles. The van der Waals surface area contributed by atoms with Gasteiger partial charge in [-0.05, 0) is 37.6 Å². The largest absolute Gasteiger partial charge is 0.478 e. The normalized spacial score (nSPS) is 19.7. The van der Waals surface area contributed by atoms with E-state index < -0.39 is 5.97 Å². The summed E-state index contributed by atoms with van der Waals surface area (Å²) in [6.45, 7) is 2.02. The maximum absolute atomic E-state index is 11.0. The second kappa shape index (κ2) is 4.66. The smallest absolute Gasteiger partial charge is 0.335 e. The second-order valence-electron chi connectivity index (χ2n) is 5.08. The third-order valence-electron chi connectivity index (χ3n) is 3.82. The number of rotatable bonds is 2. The lowest BCUT2D eigenvalue weighted by Gasteiger charge is -2.22. The van der Waals surface area contributed by atoms with Crippen molar-refractivity contribution in [3.63, 3.8) is 0 Å². The van der Waals surface area contributed by atoms with Crippen molar-refractivity contribution in [2.45, 2.75) is 18.8 Å². The molecule has 0 amide bonds. The van der Waals surface area contributed by atoms with Gasteiger partial charge in [-0.3, -0.25) is 0 Å². The predicted molar refractivity (Wildman–Crippen MR) is 72.5 cm³/mol. The Balaban J connectivity index is 2.06. The van der Waals surface area contributed by atoms with Crippen LogP contribution in [0.5, 0.6) is 0 Å². The SMILES string of the molecule is Cn1c(C2CCCNC2)nc2ccc(C(=O)O)cc21. The van der Waals surface area contributed by atoms with Crippen LogP contribution in [0.4, 0.5) is 0 Å². The summed E-state index contributed by atoms with van der Waals surface area (Å²) >= 11 is 0. The first kappa shape index (κ1) is 12.2. The lowest BCUT2D eigenvalue weighted by molar-refractivity contribution is 0.0697. The predicted octanol–water partition coefficient (Wildman–Crippen LogP) is 1.74. The van der Waals surface area contributed by atoms with Gasteiger partial charge in [-0.2, -0.15) is 0 Å². The molecule has 100 valence electrons. The first-order valence-corrected chi connectivity index (χ1v) is 6.57. The Morgan fingerprint density at radius 1 is 1.53 bits per heavy atom. The summed E-state index contributed by atoms with van der Waals surface area (Å²) in [5, 5.41) is 12.4. The Bertz CT molecular complexity index is 627. The summed E-state index contributed by atoms with van der Waals surface area (Å²) < 4.78 is 2.03. The molecule has 0 saturated carbocycles. The van der Waals surface area contributed by atoms with Crippen LogP contribution < -0.4 is 5.32 Å². The van der Waals surface area contributed by atoms with Gasteiger partial charge in [0.1, 0.15) is 5.82 Å². The molecule has 1 unspecified atom stereocenters. The van der Waals surface area contributed by atoms with Gasteiger partial charge in [0.15, 0.2) is 0 Å². The Hall–Kier alpha value is -1.88. The molecule has 0 aliphatic carbocycles. The van der Waals surface area contributed by atoms with Gasteiger partial charge in [0.2, 0.25) is 0 Å². The van der Waals surface area contributed by atoms with E-state index in [1.807, 2.05) is 11.6 Å². The molecule has 1 aliphatic heterocycles. The molecule has 2 N–H and O–H groups in total.